The Balaban J connectivity index is 0.964. The van der Waals surface area contributed by atoms with Crippen molar-refractivity contribution in [2.24, 2.45) is 0 Å². The van der Waals surface area contributed by atoms with Crippen LogP contribution in [0.4, 0.5) is 17.1 Å². The van der Waals surface area contributed by atoms with Gasteiger partial charge in [-0.1, -0.05) is 50.2 Å². The fourth-order valence-corrected chi connectivity index (χ4v) is 9.49. The highest BCUT2D eigenvalue weighted by Gasteiger charge is 2.42. The SMILES string of the molecule is COc1cc2c(cc1OCc1cc(COc3cc4c(cc3C)C(=O)N3c5ccccc5C[C@H]3C(O)C4)cc(NC(=O)CC(C)(C)S)c1)CC[C@@H]1Cc3ccccc3N1C2=O. The second-order valence-corrected chi connectivity index (χ2v) is 18.3. The van der Waals surface area contributed by atoms with Crippen LogP contribution < -0.4 is 29.3 Å². The maximum atomic E-state index is 14.0. The zero-order valence-electron chi connectivity index (χ0n) is 34.3. The number of nitrogens with zero attached hydrogens (tertiary/aromatic N) is 2. The number of methoxy groups -OCH3 is 1. The highest BCUT2D eigenvalue weighted by atomic mass is 32.1. The fourth-order valence-electron chi connectivity index (χ4n) is 9.35. The molecule has 4 heterocycles. The van der Waals surface area contributed by atoms with Crippen molar-refractivity contribution in [3.8, 4) is 17.2 Å². The fraction of sp³-hybridized carbons (Fsp3) is 0.327. The third kappa shape index (κ3) is 7.60. The van der Waals surface area contributed by atoms with Crippen molar-refractivity contribution < 1.29 is 33.7 Å². The molecular formula is C49H49N3O7S. The van der Waals surface area contributed by atoms with Gasteiger partial charge in [0, 0.05) is 51.8 Å². The van der Waals surface area contributed by atoms with Crippen molar-refractivity contribution in [1.82, 2.24) is 0 Å². The monoisotopic (exact) mass is 823 g/mol. The van der Waals surface area contributed by atoms with Crippen LogP contribution in [0.2, 0.25) is 0 Å². The van der Waals surface area contributed by atoms with E-state index in [1.807, 2.05) is 105 Å². The Morgan fingerprint density at radius 2 is 1.38 bits per heavy atom. The highest BCUT2D eigenvalue weighted by Crippen LogP contribution is 2.42. The molecule has 4 aliphatic heterocycles. The minimum atomic E-state index is -0.739. The maximum Gasteiger partial charge on any atom is 0.258 e. The molecule has 308 valence electrons. The third-order valence-corrected chi connectivity index (χ3v) is 12.3. The number of aliphatic hydroxyl groups excluding tert-OH is 1. The van der Waals surface area contributed by atoms with Gasteiger partial charge in [0.25, 0.3) is 11.8 Å². The van der Waals surface area contributed by atoms with Crippen LogP contribution in [0.25, 0.3) is 0 Å². The summed E-state index contributed by atoms with van der Waals surface area (Å²) in [5.41, 5.74) is 9.89. The van der Waals surface area contributed by atoms with Crippen molar-refractivity contribution in [3.63, 3.8) is 0 Å². The molecule has 0 aromatic heterocycles. The van der Waals surface area contributed by atoms with E-state index in [9.17, 15) is 19.5 Å². The van der Waals surface area contributed by atoms with Gasteiger partial charge in [-0.15, -0.1) is 0 Å². The van der Waals surface area contributed by atoms with E-state index in [2.05, 4.69) is 24.0 Å². The first kappa shape index (κ1) is 39.7. The van der Waals surface area contributed by atoms with Gasteiger partial charge >= 0.3 is 0 Å². The van der Waals surface area contributed by atoms with Gasteiger partial charge < -0.3 is 34.4 Å². The van der Waals surface area contributed by atoms with E-state index in [4.69, 9.17) is 14.2 Å². The summed E-state index contributed by atoms with van der Waals surface area (Å²) in [6.45, 7) is 6.01. The number of hydrogen-bond donors (Lipinski definition) is 3. The molecule has 0 radical (unpaired) electrons. The predicted molar refractivity (Wildman–Crippen MR) is 235 cm³/mol. The lowest BCUT2D eigenvalue weighted by Gasteiger charge is -2.26. The molecular weight excluding hydrogens is 775 g/mol. The first-order valence-corrected chi connectivity index (χ1v) is 21.0. The van der Waals surface area contributed by atoms with Crippen molar-refractivity contribution in [2.75, 3.05) is 22.2 Å². The van der Waals surface area contributed by atoms with Crippen molar-refractivity contribution >= 4 is 47.4 Å². The molecule has 5 aromatic rings. The minimum Gasteiger partial charge on any atom is -0.493 e. The third-order valence-electron chi connectivity index (χ3n) is 12.1. The largest absolute Gasteiger partial charge is 0.493 e. The number of para-hydroxylation sites is 2. The van der Waals surface area contributed by atoms with Gasteiger partial charge in [-0.05, 0) is 126 Å². The molecule has 60 heavy (non-hydrogen) atoms. The Bertz CT molecular complexity index is 2550. The molecule has 9 rings (SSSR count). The lowest BCUT2D eigenvalue weighted by atomic mass is 9.96. The molecule has 5 aromatic carbocycles. The molecule has 0 saturated heterocycles. The normalized spacial score (nSPS) is 18.9. The number of ether oxygens (including phenoxy) is 3. The molecule has 0 saturated carbocycles. The average molecular weight is 824 g/mol. The van der Waals surface area contributed by atoms with Crippen LogP contribution in [0.15, 0.2) is 91.0 Å². The number of anilines is 3. The zero-order chi connectivity index (χ0) is 41.9. The molecule has 0 aliphatic carbocycles. The molecule has 2 N–H and O–H groups in total. The van der Waals surface area contributed by atoms with Crippen LogP contribution in [0.5, 0.6) is 17.2 Å². The summed E-state index contributed by atoms with van der Waals surface area (Å²) >= 11 is 4.56. The molecule has 0 fully saturated rings. The van der Waals surface area contributed by atoms with Crippen LogP contribution >= 0.6 is 12.6 Å². The molecule has 10 nitrogen and oxygen atoms in total. The summed E-state index contributed by atoms with van der Waals surface area (Å²) in [5.74, 6) is 1.27. The quantitative estimate of drug-likeness (QED) is 0.122. The van der Waals surface area contributed by atoms with E-state index in [0.717, 1.165) is 64.0 Å². The highest BCUT2D eigenvalue weighted by molar-refractivity contribution is 7.81. The summed E-state index contributed by atoms with van der Waals surface area (Å²) in [5, 5.41) is 14.4. The van der Waals surface area contributed by atoms with Crippen molar-refractivity contribution in [2.45, 2.75) is 95.4 Å². The summed E-state index contributed by atoms with van der Waals surface area (Å²) in [6, 6.07) is 28.9. The number of fused-ring (bicyclic) bond motifs is 8. The number of aryl methyl sites for hydroxylation is 2. The van der Waals surface area contributed by atoms with E-state index >= 15 is 0 Å². The van der Waals surface area contributed by atoms with Crippen molar-refractivity contribution in [1.29, 1.82) is 0 Å². The van der Waals surface area contributed by atoms with Crippen molar-refractivity contribution in [3.05, 3.63) is 141 Å². The van der Waals surface area contributed by atoms with Crippen LogP contribution in [0.3, 0.4) is 0 Å². The topological polar surface area (TPSA) is 118 Å². The Morgan fingerprint density at radius 1 is 0.767 bits per heavy atom. The Kier molecular flexibility index (Phi) is 10.4. The van der Waals surface area contributed by atoms with Gasteiger partial charge in [0.05, 0.1) is 19.3 Å². The van der Waals surface area contributed by atoms with Gasteiger partial charge in [0.2, 0.25) is 5.91 Å². The van der Waals surface area contributed by atoms with Crippen LogP contribution in [0, 0.1) is 6.92 Å². The van der Waals surface area contributed by atoms with Gasteiger partial charge in [-0.2, -0.15) is 12.6 Å². The molecule has 0 bridgehead atoms. The standard InChI is InChI=1S/C49H49N3O7S/c1-28-15-37-34(21-42(53)41-20-33-10-6-8-12-40(33)52(41)48(37)56)23-43(28)58-26-29-16-30(18-35(17-29)50-46(54)25-49(2,3)60)27-59-45-22-31-13-14-36-19-32-9-5-7-11-39(32)51(36)47(55)38(31)24-44(45)57-4/h5-12,15-18,22-24,36,41-42,53,60H,13-14,19-21,25-27H2,1-4H3,(H,50,54)/t36-,41+,42?/m1/s1. The van der Waals surface area contributed by atoms with Gasteiger partial charge in [-0.25, -0.2) is 0 Å². The van der Waals surface area contributed by atoms with Crippen LogP contribution in [-0.2, 0) is 43.7 Å². The molecule has 1 unspecified atom stereocenters. The zero-order valence-corrected chi connectivity index (χ0v) is 35.2. The summed E-state index contributed by atoms with van der Waals surface area (Å²) in [7, 11) is 1.57. The predicted octanol–water partition coefficient (Wildman–Crippen LogP) is 8.20. The van der Waals surface area contributed by atoms with Crippen LogP contribution in [-0.4, -0.2) is 52.9 Å². The van der Waals surface area contributed by atoms with Gasteiger partial charge in [0.1, 0.15) is 19.0 Å². The number of benzene rings is 5. The number of nitrogens with one attached hydrogen (secondary N) is 1. The van der Waals surface area contributed by atoms with E-state index in [0.29, 0.717) is 46.9 Å². The summed E-state index contributed by atoms with van der Waals surface area (Å²) in [6.07, 6.45) is 2.80. The van der Waals surface area contributed by atoms with E-state index in [1.165, 1.54) is 5.56 Å². The number of carbonyl (C=O) groups is 3. The first-order chi connectivity index (χ1) is 28.8. The molecule has 0 spiro atoms. The lowest BCUT2D eigenvalue weighted by molar-refractivity contribution is -0.116. The number of carbonyl (C=O) groups excluding carboxylic acids is 3. The van der Waals surface area contributed by atoms with Gasteiger partial charge in [0.15, 0.2) is 11.5 Å². The van der Waals surface area contributed by atoms with E-state index in [1.54, 1.807) is 18.1 Å². The minimum absolute atomic E-state index is 0.0293. The molecule has 4 aliphatic rings. The van der Waals surface area contributed by atoms with Gasteiger partial charge in [-0.3, -0.25) is 14.4 Å². The molecule has 3 atom stereocenters. The lowest BCUT2D eigenvalue weighted by Crippen LogP contribution is -2.43. The van der Waals surface area contributed by atoms with Crippen LogP contribution in [0.1, 0.15) is 86.3 Å². The Morgan fingerprint density at radius 3 is 2.08 bits per heavy atom. The Labute approximate surface area is 355 Å². The molecule has 3 amide bonds. The summed E-state index contributed by atoms with van der Waals surface area (Å²) < 4.78 is 18.2. The smallest absolute Gasteiger partial charge is 0.258 e. The number of aliphatic hydroxyl groups is 1. The van der Waals surface area contributed by atoms with E-state index in [-0.39, 0.29) is 49.4 Å². The number of hydrogen-bond acceptors (Lipinski definition) is 8. The second kappa shape index (κ2) is 15.7. The second-order valence-electron chi connectivity index (χ2n) is 17.1. The average Bonchev–Trinajstić information content (AvgIpc) is 3.73. The summed E-state index contributed by atoms with van der Waals surface area (Å²) in [4.78, 5) is 44.8. The Hall–Kier alpha value is -5.78. The number of thiol groups is 1. The number of amides is 3. The number of rotatable bonds is 10. The van der Waals surface area contributed by atoms with E-state index < -0.39 is 10.9 Å². The molecule has 11 heteroatoms. The maximum absolute atomic E-state index is 14.0. The first-order valence-electron chi connectivity index (χ1n) is 20.6.